The molecule has 32 heavy (non-hydrogen) atoms. The highest BCUT2D eigenvalue weighted by Gasteiger charge is 2.27. The molecular formula is C20H26N2O8S2. The number of carbonyl (C=O) groups is 3. The molecule has 0 radical (unpaired) electrons. The minimum Gasteiger partial charge on any atom is -0.495 e. The Morgan fingerprint density at radius 1 is 1.28 bits per heavy atom. The summed E-state index contributed by atoms with van der Waals surface area (Å²) in [5.41, 5.74) is 0.0500. The Bertz CT molecular complexity index is 1000. The summed E-state index contributed by atoms with van der Waals surface area (Å²) in [5, 5.41) is 0.482. The van der Waals surface area contributed by atoms with Gasteiger partial charge in [0.25, 0.3) is 0 Å². The topological polar surface area (TPSA) is 128 Å². The van der Waals surface area contributed by atoms with Crippen LogP contribution in [0, 0.1) is 0 Å². The zero-order chi connectivity index (χ0) is 23.9. The van der Waals surface area contributed by atoms with Crippen LogP contribution in [0.2, 0.25) is 0 Å². The van der Waals surface area contributed by atoms with Gasteiger partial charge < -0.3 is 19.1 Å². The van der Waals surface area contributed by atoms with E-state index < -0.39 is 22.0 Å². The largest absolute Gasteiger partial charge is 0.495 e. The highest BCUT2D eigenvalue weighted by atomic mass is 32.2. The van der Waals surface area contributed by atoms with Crippen molar-refractivity contribution in [3.8, 4) is 5.75 Å². The number of hydrogen-bond donors (Lipinski definition) is 1. The monoisotopic (exact) mass is 486 g/mol. The molecule has 1 fully saturated rings. The van der Waals surface area contributed by atoms with Gasteiger partial charge in [-0.25, -0.2) is 22.7 Å². The van der Waals surface area contributed by atoms with E-state index in [9.17, 15) is 22.8 Å². The zero-order valence-corrected chi connectivity index (χ0v) is 19.9. The van der Waals surface area contributed by atoms with Crippen molar-refractivity contribution >= 4 is 39.6 Å². The van der Waals surface area contributed by atoms with Crippen molar-refractivity contribution in [3.63, 3.8) is 0 Å². The van der Waals surface area contributed by atoms with E-state index in [0.717, 1.165) is 0 Å². The molecule has 0 saturated carbocycles. The standard InChI is InChI=1S/C20H26N2O8S2/c1-13(2)21-32(26,27)16-10-14(6-7-15(16)28-3)20(25)30-9-5-8-22-17(23)12-31-18(22)11-19(24)29-4/h6-7,10-11,13,21H,5,8-9,12H2,1-4H3/b18-11+. The summed E-state index contributed by atoms with van der Waals surface area (Å²) in [4.78, 5) is 37.1. The Morgan fingerprint density at radius 2 is 2.00 bits per heavy atom. The van der Waals surface area contributed by atoms with Gasteiger partial charge in [-0.05, 0) is 38.5 Å². The number of amides is 1. The van der Waals surface area contributed by atoms with E-state index >= 15 is 0 Å². The molecule has 1 amide bonds. The van der Waals surface area contributed by atoms with Crippen LogP contribution in [-0.2, 0) is 29.1 Å². The van der Waals surface area contributed by atoms with E-state index in [4.69, 9.17) is 9.47 Å². The normalized spacial score (nSPS) is 15.3. The molecule has 10 nitrogen and oxygen atoms in total. The van der Waals surface area contributed by atoms with E-state index in [1.807, 2.05) is 0 Å². The Hall–Kier alpha value is -2.57. The molecule has 0 spiro atoms. The first-order valence-electron chi connectivity index (χ1n) is 9.69. The summed E-state index contributed by atoms with van der Waals surface area (Å²) >= 11 is 1.23. The summed E-state index contributed by atoms with van der Waals surface area (Å²) in [6.45, 7) is 3.61. The zero-order valence-electron chi connectivity index (χ0n) is 18.2. The Kier molecular flexibility index (Phi) is 9.10. The summed E-state index contributed by atoms with van der Waals surface area (Å²) < 4.78 is 42.5. The van der Waals surface area contributed by atoms with Gasteiger partial charge in [0.15, 0.2) is 0 Å². The summed E-state index contributed by atoms with van der Waals surface area (Å²) in [5.74, 6) is -1.10. The first-order chi connectivity index (χ1) is 15.1. The molecule has 176 valence electrons. The maximum atomic E-state index is 12.5. The predicted octanol–water partition coefficient (Wildman–Crippen LogP) is 1.52. The molecular weight excluding hydrogens is 460 g/mol. The number of rotatable bonds is 10. The van der Waals surface area contributed by atoms with Crippen molar-refractivity contribution in [1.82, 2.24) is 9.62 Å². The lowest BCUT2D eigenvalue weighted by Crippen LogP contribution is -2.30. The van der Waals surface area contributed by atoms with Crippen molar-refractivity contribution in [3.05, 3.63) is 34.9 Å². The molecule has 0 bridgehead atoms. The Balaban J connectivity index is 2.01. The van der Waals surface area contributed by atoms with Gasteiger partial charge in [0.2, 0.25) is 15.9 Å². The van der Waals surface area contributed by atoms with Crippen LogP contribution < -0.4 is 9.46 Å². The fourth-order valence-corrected chi connectivity index (χ4v) is 5.19. The molecule has 1 saturated heterocycles. The van der Waals surface area contributed by atoms with Crippen LogP contribution >= 0.6 is 11.8 Å². The van der Waals surface area contributed by atoms with E-state index in [1.54, 1.807) is 13.8 Å². The van der Waals surface area contributed by atoms with Gasteiger partial charge in [-0.2, -0.15) is 0 Å². The Labute approximate surface area is 191 Å². The number of hydrogen-bond acceptors (Lipinski definition) is 9. The number of carbonyl (C=O) groups excluding carboxylic acids is 3. The molecule has 2 rings (SSSR count). The van der Waals surface area contributed by atoms with Gasteiger partial charge in [-0.15, -0.1) is 0 Å². The lowest BCUT2D eigenvalue weighted by molar-refractivity contribution is -0.134. The summed E-state index contributed by atoms with van der Waals surface area (Å²) in [6.07, 6.45) is 1.57. The number of benzene rings is 1. The number of thioether (sulfide) groups is 1. The molecule has 0 aromatic heterocycles. The SMILES string of the molecule is COC(=O)/C=C1/SCC(=O)N1CCCOC(=O)c1ccc(OC)c(S(=O)(=O)NC(C)C)c1. The van der Waals surface area contributed by atoms with Crippen LogP contribution in [0.4, 0.5) is 0 Å². The number of nitrogens with one attached hydrogen (secondary N) is 1. The maximum absolute atomic E-state index is 12.5. The third-order valence-electron chi connectivity index (χ3n) is 4.19. The number of sulfonamides is 1. The van der Waals surface area contributed by atoms with E-state index in [0.29, 0.717) is 11.4 Å². The molecule has 1 aliphatic heterocycles. The van der Waals surface area contributed by atoms with Crippen molar-refractivity contribution in [1.29, 1.82) is 0 Å². The fourth-order valence-electron chi connectivity index (χ4n) is 2.79. The summed E-state index contributed by atoms with van der Waals surface area (Å²) in [6, 6.07) is 3.65. The quantitative estimate of drug-likeness (QED) is 0.297. The predicted molar refractivity (Wildman–Crippen MR) is 118 cm³/mol. The molecule has 12 heteroatoms. The van der Waals surface area contributed by atoms with Crippen LogP contribution in [0.5, 0.6) is 5.75 Å². The van der Waals surface area contributed by atoms with Gasteiger partial charge in [0.1, 0.15) is 10.6 Å². The maximum Gasteiger partial charge on any atom is 0.338 e. The average molecular weight is 487 g/mol. The molecule has 1 N–H and O–H groups in total. The molecule has 1 aliphatic rings. The molecule has 1 aromatic carbocycles. The molecule has 1 aromatic rings. The Morgan fingerprint density at radius 3 is 2.62 bits per heavy atom. The van der Waals surface area contributed by atoms with Crippen LogP contribution in [0.3, 0.4) is 0 Å². The van der Waals surface area contributed by atoms with Crippen molar-refractivity contribution in [2.75, 3.05) is 33.1 Å². The lowest BCUT2D eigenvalue weighted by Gasteiger charge is -2.17. The summed E-state index contributed by atoms with van der Waals surface area (Å²) in [7, 11) is -1.31. The van der Waals surface area contributed by atoms with Crippen LogP contribution in [0.1, 0.15) is 30.6 Å². The van der Waals surface area contributed by atoms with Gasteiger partial charge >= 0.3 is 11.9 Å². The molecule has 1 heterocycles. The van der Waals surface area contributed by atoms with Gasteiger partial charge in [0.05, 0.1) is 43.2 Å². The number of esters is 2. The van der Waals surface area contributed by atoms with E-state index in [2.05, 4.69) is 9.46 Å². The van der Waals surface area contributed by atoms with Gasteiger partial charge in [-0.1, -0.05) is 11.8 Å². The highest BCUT2D eigenvalue weighted by molar-refractivity contribution is 8.04. The minimum absolute atomic E-state index is 0.00284. The van der Waals surface area contributed by atoms with Crippen LogP contribution in [-0.4, -0.2) is 70.3 Å². The second-order valence-corrected chi connectivity index (χ2v) is 9.65. The van der Waals surface area contributed by atoms with Gasteiger partial charge in [0, 0.05) is 12.6 Å². The van der Waals surface area contributed by atoms with Crippen molar-refractivity contribution in [2.24, 2.45) is 0 Å². The first-order valence-corrected chi connectivity index (χ1v) is 12.2. The third-order valence-corrected chi connectivity index (χ3v) is 6.90. The number of nitrogens with zero attached hydrogens (tertiary/aromatic N) is 1. The second-order valence-electron chi connectivity index (χ2n) is 6.97. The second kappa shape index (κ2) is 11.3. The van der Waals surface area contributed by atoms with Crippen LogP contribution in [0.15, 0.2) is 34.2 Å². The number of ether oxygens (including phenoxy) is 3. The lowest BCUT2D eigenvalue weighted by atomic mass is 10.2. The third kappa shape index (κ3) is 6.71. The molecule has 0 atom stereocenters. The van der Waals surface area contributed by atoms with Crippen LogP contribution in [0.25, 0.3) is 0 Å². The highest BCUT2D eigenvalue weighted by Crippen LogP contribution is 2.29. The first kappa shape index (κ1) is 25.7. The van der Waals surface area contributed by atoms with Crippen molar-refractivity contribution in [2.45, 2.75) is 31.2 Å². The molecule has 0 unspecified atom stereocenters. The van der Waals surface area contributed by atoms with E-state index in [-0.39, 0.29) is 47.1 Å². The smallest absolute Gasteiger partial charge is 0.338 e. The van der Waals surface area contributed by atoms with Gasteiger partial charge in [-0.3, -0.25) is 4.79 Å². The number of methoxy groups -OCH3 is 2. The average Bonchev–Trinajstić information content (AvgIpc) is 3.08. The molecule has 0 aliphatic carbocycles. The fraction of sp³-hybridized carbons (Fsp3) is 0.450. The van der Waals surface area contributed by atoms with E-state index in [1.165, 1.54) is 55.2 Å². The minimum atomic E-state index is -3.89. The van der Waals surface area contributed by atoms with Crippen molar-refractivity contribution < 1.29 is 37.0 Å².